The third kappa shape index (κ3) is 1.14. The van der Waals surface area contributed by atoms with Gasteiger partial charge in [-0.2, -0.15) is 0 Å². The van der Waals surface area contributed by atoms with Gasteiger partial charge < -0.3 is 4.98 Å². The minimum atomic E-state index is 0.654. The minimum absolute atomic E-state index is 0.654. The number of H-pyrrole nitrogens is 1. The highest BCUT2D eigenvalue weighted by atomic mass is 79.9. The number of rotatable bonds is 0. The van der Waals surface area contributed by atoms with Crippen LogP contribution in [0.3, 0.4) is 0 Å². The largest absolute Gasteiger partial charge is 0.358 e. The van der Waals surface area contributed by atoms with Crippen LogP contribution >= 0.6 is 27.5 Å². The van der Waals surface area contributed by atoms with Crippen LogP contribution in [0.25, 0.3) is 11.0 Å². The van der Waals surface area contributed by atoms with Crippen molar-refractivity contribution in [1.29, 1.82) is 0 Å². The van der Waals surface area contributed by atoms with Gasteiger partial charge in [0, 0.05) is 6.20 Å². The number of aromatic amines is 1. The fourth-order valence-electron chi connectivity index (χ4n) is 0.943. The monoisotopic (exact) mass is 230 g/mol. The zero-order valence-electron chi connectivity index (χ0n) is 5.44. The molecule has 0 spiro atoms. The van der Waals surface area contributed by atoms with E-state index in [2.05, 4.69) is 25.9 Å². The molecule has 0 saturated carbocycles. The first-order valence-electron chi connectivity index (χ1n) is 3.06. The molecule has 0 aliphatic carbocycles. The van der Waals surface area contributed by atoms with E-state index in [1.54, 1.807) is 6.20 Å². The predicted octanol–water partition coefficient (Wildman–Crippen LogP) is 2.98. The molecule has 2 heterocycles. The molecule has 2 rings (SSSR count). The maximum absolute atomic E-state index is 5.83. The van der Waals surface area contributed by atoms with Gasteiger partial charge in [-0.15, -0.1) is 0 Å². The molecule has 0 aromatic carbocycles. The SMILES string of the molecule is Clc1c[nH]c2ccc(Br)nc12. The molecule has 0 unspecified atom stereocenters. The van der Waals surface area contributed by atoms with Crippen LogP contribution in [0.2, 0.25) is 5.02 Å². The Balaban J connectivity index is 2.87. The van der Waals surface area contributed by atoms with Gasteiger partial charge in [-0.1, -0.05) is 11.6 Å². The summed E-state index contributed by atoms with van der Waals surface area (Å²) in [5.41, 5.74) is 1.76. The van der Waals surface area contributed by atoms with E-state index in [9.17, 15) is 0 Å². The molecule has 0 radical (unpaired) electrons. The molecule has 11 heavy (non-hydrogen) atoms. The molecule has 0 fully saturated rings. The summed E-state index contributed by atoms with van der Waals surface area (Å²) >= 11 is 9.10. The molecule has 2 nitrogen and oxygen atoms in total. The normalized spacial score (nSPS) is 10.7. The summed E-state index contributed by atoms with van der Waals surface area (Å²) in [5, 5.41) is 0.654. The smallest absolute Gasteiger partial charge is 0.108 e. The van der Waals surface area contributed by atoms with Gasteiger partial charge in [0.25, 0.3) is 0 Å². The molecule has 0 saturated heterocycles. The summed E-state index contributed by atoms with van der Waals surface area (Å²) in [7, 11) is 0. The van der Waals surface area contributed by atoms with Crippen molar-refractivity contribution in [3.63, 3.8) is 0 Å². The van der Waals surface area contributed by atoms with Crippen LogP contribution < -0.4 is 0 Å². The third-order valence-corrected chi connectivity index (χ3v) is 2.17. The first-order chi connectivity index (χ1) is 5.27. The van der Waals surface area contributed by atoms with Gasteiger partial charge in [-0.3, -0.25) is 0 Å². The van der Waals surface area contributed by atoms with E-state index >= 15 is 0 Å². The lowest BCUT2D eigenvalue weighted by molar-refractivity contribution is 1.35. The van der Waals surface area contributed by atoms with Gasteiger partial charge in [0.2, 0.25) is 0 Å². The molecule has 0 bridgehead atoms. The minimum Gasteiger partial charge on any atom is -0.358 e. The average Bonchev–Trinajstić information content (AvgIpc) is 2.33. The summed E-state index contributed by atoms with van der Waals surface area (Å²) in [4.78, 5) is 7.19. The van der Waals surface area contributed by atoms with Crippen LogP contribution in [0.1, 0.15) is 0 Å². The average molecular weight is 231 g/mol. The van der Waals surface area contributed by atoms with E-state index < -0.39 is 0 Å². The standard InChI is InChI=1S/C7H4BrClN2/c8-6-2-1-5-7(11-6)4(9)3-10-5/h1-3,10H. The third-order valence-electron chi connectivity index (χ3n) is 1.44. The van der Waals surface area contributed by atoms with Crippen molar-refractivity contribution in [2.24, 2.45) is 0 Å². The molecule has 2 aromatic rings. The fourth-order valence-corrected chi connectivity index (χ4v) is 1.45. The highest BCUT2D eigenvalue weighted by molar-refractivity contribution is 9.10. The van der Waals surface area contributed by atoms with Crippen molar-refractivity contribution >= 4 is 38.6 Å². The van der Waals surface area contributed by atoms with Gasteiger partial charge in [0.15, 0.2) is 0 Å². The summed E-state index contributed by atoms with van der Waals surface area (Å²) < 4.78 is 0.798. The summed E-state index contributed by atoms with van der Waals surface area (Å²) in [6, 6.07) is 3.80. The van der Waals surface area contributed by atoms with Crippen molar-refractivity contribution < 1.29 is 0 Å². The molecule has 0 amide bonds. The van der Waals surface area contributed by atoms with E-state index in [1.807, 2.05) is 12.1 Å². The van der Waals surface area contributed by atoms with Crippen LogP contribution in [0, 0.1) is 0 Å². The zero-order chi connectivity index (χ0) is 7.84. The second-order valence-electron chi connectivity index (χ2n) is 2.17. The summed E-state index contributed by atoms with van der Waals surface area (Å²) in [5.74, 6) is 0. The molecule has 56 valence electrons. The van der Waals surface area contributed by atoms with Crippen molar-refractivity contribution in [3.8, 4) is 0 Å². The number of nitrogens with zero attached hydrogens (tertiary/aromatic N) is 1. The van der Waals surface area contributed by atoms with Gasteiger partial charge >= 0.3 is 0 Å². The molecular weight excluding hydrogens is 227 g/mol. The van der Waals surface area contributed by atoms with E-state index in [0.717, 1.165) is 15.6 Å². The first-order valence-corrected chi connectivity index (χ1v) is 4.23. The van der Waals surface area contributed by atoms with Crippen LogP contribution in [0.4, 0.5) is 0 Å². The molecule has 4 heteroatoms. The van der Waals surface area contributed by atoms with Crippen LogP contribution in [-0.2, 0) is 0 Å². The lowest BCUT2D eigenvalue weighted by atomic mass is 10.4. The summed E-state index contributed by atoms with van der Waals surface area (Å²) in [6.45, 7) is 0. The molecule has 0 aliphatic rings. The number of pyridine rings is 1. The second kappa shape index (κ2) is 2.50. The Kier molecular flexibility index (Phi) is 1.62. The lowest BCUT2D eigenvalue weighted by Gasteiger charge is -1.89. The maximum Gasteiger partial charge on any atom is 0.108 e. The molecule has 2 aromatic heterocycles. The number of hydrogen-bond donors (Lipinski definition) is 1. The number of aromatic nitrogens is 2. The Hall–Kier alpha value is -0.540. The Labute approximate surface area is 76.7 Å². The van der Waals surface area contributed by atoms with Gasteiger partial charge in [0.05, 0.1) is 10.5 Å². The van der Waals surface area contributed by atoms with Crippen molar-refractivity contribution in [2.45, 2.75) is 0 Å². The second-order valence-corrected chi connectivity index (χ2v) is 3.39. The van der Waals surface area contributed by atoms with E-state index in [4.69, 9.17) is 11.6 Å². The van der Waals surface area contributed by atoms with Crippen molar-refractivity contribution in [3.05, 3.63) is 28.0 Å². The number of hydrogen-bond acceptors (Lipinski definition) is 1. The quantitative estimate of drug-likeness (QED) is 0.694. The Bertz CT molecular complexity index is 396. The number of nitrogens with one attached hydrogen (secondary N) is 1. The molecule has 0 aliphatic heterocycles. The van der Waals surface area contributed by atoms with Gasteiger partial charge in [-0.25, -0.2) is 4.98 Å². The Morgan fingerprint density at radius 2 is 2.27 bits per heavy atom. The van der Waals surface area contributed by atoms with Crippen LogP contribution in [0.15, 0.2) is 22.9 Å². The van der Waals surface area contributed by atoms with Crippen LogP contribution in [-0.4, -0.2) is 9.97 Å². The number of fused-ring (bicyclic) bond motifs is 1. The Morgan fingerprint density at radius 1 is 1.45 bits per heavy atom. The zero-order valence-corrected chi connectivity index (χ0v) is 7.78. The maximum atomic E-state index is 5.83. The first kappa shape index (κ1) is 7.13. The highest BCUT2D eigenvalue weighted by Crippen LogP contribution is 2.22. The lowest BCUT2D eigenvalue weighted by Crippen LogP contribution is -1.75. The van der Waals surface area contributed by atoms with E-state index in [-0.39, 0.29) is 0 Å². The van der Waals surface area contributed by atoms with Crippen molar-refractivity contribution in [2.75, 3.05) is 0 Å². The van der Waals surface area contributed by atoms with E-state index in [1.165, 1.54) is 0 Å². The molecule has 1 N–H and O–H groups in total. The molecular formula is C7H4BrClN2. The fraction of sp³-hybridized carbons (Fsp3) is 0. The highest BCUT2D eigenvalue weighted by Gasteiger charge is 2.01. The topological polar surface area (TPSA) is 28.7 Å². The van der Waals surface area contributed by atoms with Gasteiger partial charge in [0.1, 0.15) is 10.1 Å². The van der Waals surface area contributed by atoms with Crippen molar-refractivity contribution in [1.82, 2.24) is 9.97 Å². The molecule has 0 atom stereocenters. The predicted molar refractivity (Wildman–Crippen MR) is 48.8 cm³/mol. The van der Waals surface area contributed by atoms with Crippen LogP contribution in [0.5, 0.6) is 0 Å². The van der Waals surface area contributed by atoms with E-state index in [0.29, 0.717) is 5.02 Å². The van der Waals surface area contributed by atoms with Gasteiger partial charge in [-0.05, 0) is 28.1 Å². The number of halogens is 2. The Morgan fingerprint density at radius 3 is 3.09 bits per heavy atom. The summed E-state index contributed by atoms with van der Waals surface area (Å²) in [6.07, 6.45) is 1.73.